The molecule has 3 aromatic carbocycles. The maximum absolute atomic E-state index is 13.5. The standard InChI is InChI=1S/C29H20BrCl2N3O4S2/c1-2-13-39-21-11-6-16(7-12-21)24-23(25(36)17-3-8-19(30)9-4-17)26(37)27(38)35(24)28-33-34-29(41-28)40-15-18-5-10-20(31)14-22(18)32/h2-12,14,24,36H,1,13,15H2/b25-23-. The number of benzene rings is 3. The van der Waals surface area contributed by atoms with Crippen LogP contribution in [0.25, 0.3) is 5.76 Å². The Morgan fingerprint density at radius 3 is 2.51 bits per heavy atom. The number of aromatic nitrogens is 2. The van der Waals surface area contributed by atoms with Crippen molar-refractivity contribution in [2.45, 2.75) is 16.1 Å². The number of aliphatic hydroxyl groups is 1. The van der Waals surface area contributed by atoms with Gasteiger partial charge in [0.15, 0.2) is 4.34 Å². The Morgan fingerprint density at radius 2 is 1.83 bits per heavy atom. The highest BCUT2D eigenvalue weighted by Crippen LogP contribution is 2.44. The number of thioether (sulfide) groups is 1. The zero-order valence-corrected chi connectivity index (χ0v) is 25.8. The molecule has 1 aliphatic rings. The number of Topliss-reactive ketones (excluding diaryl/α,β-unsaturated/α-hetero) is 1. The quantitative estimate of drug-likeness (QED) is 0.0475. The summed E-state index contributed by atoms with van der Waals surface area (Å²) in [5.74, 6) is -0.822. The van der Waals surface area contributed by atoms with Crippen LogP contribution in [0.15, 0.2) is 93.8 Å². The molecule has 1 atom stereocenters. The molecule has 7 nitrogen and oxygen atoms in total. The molecule has 0 spiro atoms. The van der Waals surface area contributed by atoms with Gasteiger partial charge in [0, 0.05) is 25.8 Å². The molecule has 4 aromatic rings. The van der Waals surface area contributed by atoms with Gasteiger partial charge in [0.05, 0.1) is 11.6 Å². The van der Waals surface area contributed by atoms with E-state index in [4.69, 9.17) is 27.9 Å². The Morgan fingerprint density at radius 1 is 1.10 bits per heavy atom. The summed E-state index contributed by atoms with van der Waals surface area (Å²) in [4.78, 5) is 28.2. The first-order valence-corrected chi connectivity index (χ1v) is 15.4. The number of ether oxygens (including phenoxy) is 1. The van der Waals surface area contributed by atoms with E-state index in [9.17, 15) is 14.7 Å². The summed E-state index contributed by atoms with van der Waals surface area (Å²) in [5, 5.41) is 21.1. The topological polar surface area (TPSA) is 92.6 Å². The molecule has 1 aliphatic heterocycles. The predicted octanol–water partition coefficient (Wildman–Crippen LogP) is 8.09. The zero-order chi connectivity index (χ0) is 29.1. The molecule has 1 saturated heterocycles. The highest BCUT2D eigenvalue weighted by atomic mass is 79.9. The summed E-state index contributed by atoms with van der Waals surface area (Å²) >= 11 is 18.2. The van der Waals surface area contributed by atoms with Crippen LogP contribution in [0.5, 0.6) is 5.75 Å². The largest absolute Gasteiger partial charge is 0.507 e. The lowest BCUT2D eigenvalue weighted by molar-refractivity contribution is -0.132. The average molecular weight is 689 g/mol. The molecule has 5 rings (SSSR count). The van der Waals surface area contributed by atoms with Crippen LogP contribution in [0.4, 0.5) is 5.13 Å². The third kappa shape index (κ3) is 6.37. The van der Waals surface area contributed by atoms with Crippen molar-refractivity contribution < 1.29 is 19.4 Å². The van der Waals surface area contributed by atoms with Gasteiger partial charge in [-0.25, -0.2) is 0 Å². The van der Waals surface area contributed by atoms with E-state index in [1.807, 2.05) is 6.07 Å². The molecular formula is C29H20BrCl2N3O4S2. The van der Waals surface area contributed by atoms with E-state index in [-0.39, 0.29) is 16.5 Å². The second-order valence-electron chi connectivity index (χ2n) is 8.72. The van der Waals surface area contributed by atoms with Gasteiger partial charge in [-0.2, -0.15) is 0 Å². The minimum Gasteiger partial charge on any atom is -0.507 e. The van der Waals surface area contributed by atoms with Crippen molar-refractivity contribution >= 4 is 84.8 Å². The number of nitrogens with zero attached hydrogens (tertiary/aromatic N) is 3. The number of hydrogen-bond donors (Lipinski definition) is 1. The van der Waals surface area contributed by atoms with Crippen LogP contribution in [0, 0.1) is 0 Å². The lowest BCUT2D eigenvalue weighted by atomic mass is 9.95. The first-order valence-electron chi connectivity index (χ1n) is 12.1. The summed E-state index contributed by atoms with van der Waals surface area (Å²) in [7, 11) is 0. The molecule has 12 heteroatoms. The second kappa shape index (κ2) is 12.8. The van der Waals surface area contributed by atoms with Crippen molar-refractivity contribution in [3.8, 4) is 5.75 Å². The highest BCUT2D eigenvalue weighted by Gasteiger charge is 2.48. The van der Waals surface area contributed by atoms with E-state index in [0.717, 1.165) is 10.0 Å². The number of carbonyl (C=O) groups is 2. The van der Waals surface area contributed by atoms with Gasteiger partial charge in [0.1, 0.15) is 18.1 Å². The molecular weight excluding hydrogens is 669 g/mol. The maximum Gasteiger partial charge on any atom is 0.301 e. The SMILES string of the molecule is C=CCOc1ccc(C2/C(=C(/O)c3ccc(Br)cc3)C(=O)C(=O)N2c2nnc(SCc3ccc(Cl)cc3Cl)s2)cc1. The van der Waals surface area contributed by atoms with Crippen LogP contribution < -0.4 is 9.64 Å². The Hall–Kier alpha value is -3.15. The van der Waals surface area contributed by atoms with Gasteiger partial charge in [-0.15, -0.1) is 10.2 Å². The van der Waals surface area contributed by atoms with Crippen molar-refractivity contribution in [2.24, 2.45) is 0 Å². The van der Waals surface area contributed by atoms with E-state index in [1.54, 1.807) is 66.7 Å². The first-order chi connectivity index (χ1) is 19.8. The highest BCUT2D eigenvalue weighted by molar-refractivity contribution is 9.10. The van der Waals surface area contributed by atoms with Gasteiger partial charge < -0.3 is 9.84 Å². The Kier molecular flexibility index (Phi) is 9.16. The second-order valence-corrected chi connectivity index (χ2v) is 12.7. The van der Waals surface area contributed by atoms with Gasteiger partial charge in [0.2, 0.25) is 5.13 Å². The third-order valence-corrected chi connectivity index (χ3v) is 9.31. The Bertz CT molecular complexity index is 1660. The summed E-state index contributed by atoms with van der Waals surface area (Å²) in [6.45, 7) is 3.98. The lowest BCUT2D eigenvalue weighted by Gasteiger charge is -2.22. The molecule has 1 fully saturated rings. The average Bonchev–Trinajstić information content (AvgIpc) is 3.53. The van der Waals surface area contributed by atoms with Gasteiger partial charge in [-0.3, -0.25) is 14.5 Å². The molecule has 1 aromatic heterocycles. The first kappa shape index (κ1) is 29.3. The maximum atomic E-state index is 13.5. The number of carbonyl (C=O) groups excluding carboxylic acids is 2. The molecule has 0 bridgehead atoms. The van der Waals surface area contributed by atoms with Crippen LogP contribution in [-0.4, -0.2) is 33.6 Å². The monoisotopic (exact) mass is 687 g/mol. The number of hydrogen-bond acceptors (Lipinski definition) is 8. The van der Waals surface area contributed by atoms with Gasteiger partial charge in [-0.05, 0) is 47.5 Å². The summed E-state index contributed by atoms with van der Waals surface area (Å²) < 4.78 is 6.97. The molecule has 1 amide bonds. The fourth-order valence-electron chi connectivity index (χ4n) is 4.15. The smallest absolute Gasteiger partial charge is 0.301 e. The molecule has 0 radical (unpaired) electrons. The predicted molar refractivity (Wildman–Crippen MR) is 167 cm³/mol. The molecule has 0 saturated carbocycles. The van der Waals surface area contributed by atoms with E-state index in [1.165, 1.54) is 28.0 Å². The van der Waals surface area contributed by atoms with Crippen LogP contribution in [-0.2, 0) is 15.3 Å². The van der Waals surface area contributed by atoms with E-state index in [0.29, 0.717) is 43.6 Å². The van der Waals surface area contributed by atoms with Crippen molar-refractivity contribution in [1.29, 1.82) is 0 Å². The van der Waals surface area contributed by atoms with Crippen molar-refractivity contribution in [2.75, 3.05) is 11.5 Å². The van der Waals surface area contributed by atoms with Crippen molar-refractivity contribution in [3.63, 3.8) is 0 Å². The summed E-state index contributed by atoms with van der Waals surface area (Å²) in [6.07, 6.45) is 1.63. The van der Waals surface area contributed by atoms with E-state index >= 15 is 0 Å². The van der Waals surface area contributed by atoms with Gasteiger partial charge in [-0.1, -0.05) is 105 Å². The minimum atomic E-state index is -0.941. The molecule has 41 heavy (non-hydrogen) atoms. The van der Waals surface area contributed by atoms with Crippen LogP contribution in [0.2, 0.25) is 10.0 Å². The van der Waals surface area contributed by atoms with Crippen LogP contribution in [0.3, 0.4) is 0 Å². The number of halogens is 3. The molecule has 0 aliphatic carbocycles. The summed E-state index contributed by atoms with van der Waals surface area (Å²) in [5.41, 5.74) is 1.81. The van der Waals surface area contributed by atoms with E-state index in [2.05, 4.69) is 32.7 Å². The van der Waals surface area contributed by atoms with Gasteiger partial charge in [0.25, 0.3) is 5.78 Å². The Labute approximate surface area is 262 Å². The van der Waals surface area contributed by atoms with Crippen LogP contribution in [0.1, 0.15) is 22.7 Å². The summed E-state index contributed by atoms with van der Waals surface area (Å²) in [6, 6.07) is 18.1. The van der Waals surface area contributed by atoms with Crippen LogP contribution >= 0.6 is 62.2 Å². The van der Waals surface area contributed by atoms with Crippen molar-refractivity contribution in [3.05, 3.63) is 116 Å². The molecule has 208 valence electrons. The lowest BCUT2D eigenvalue weighted by Crippen LogP contribution is -2.29. The number of amides is 1. The number of ketones is 1. The number of aliphatic hydroxyl groups excluding tert-OH is 1. The van der Waals surface area contributed by atoms with Gasteiger partial charge >= 0.3 is 5.91 Å². The molecule has 1 N–H and O–H groups in total. The fourth-order valence-corrected chi connectivity index (χ4v) is 6.84. The number of anilines is 1. The van der Waals surface area contributed by atoms with Crippen molar-refractivity contribution in [1.82, 2.24) is 10.2 Å². The number of rotatable bonds is 9. The fraction of sp³-hybridized carbons (Fsp3) is 0.103. The van der Waals surface area contributed by atoms with E-state index < -0.39 is 17.7 Å². The Balaban J connectivity index is 1.52. The normalized spacial score (nSPS) is 16.3. The minimum absolute atomic E-state index is 0.0468. The zero-order valence-electron chi connectivity index (χ0n) is 21.1. The molecule has 1 unspecified atom stereocenters. The third-order valence-electron chi connectivity index (χ3n) is 6.09. The molecule has 2 heterocycles.